The molecule has 244 valence electrons. The number of nitrogens with one attached hydrogen (secondary N) is 2. The minimum atomic E-state index is -1.99. The highest BCUT2D eigenvalue weighted by Gasteiger charge is 2.63. The number of aromatic nitrogens is 1. The average Bonchev–Trinajstić information content (AvgIpc) is 3.78. The number of nitrogens with zero attached hydrogens (tertiary/aromatic N) is 1. The van der Waals surface area contributed by atoms with Crippen molar-refractivity contribution in [2.45, 2.75) is 31.8 Å². The number of furan rings is 1. The molecule has 0 saturated carbocycles. The standard InChI is InChI=1S/C33H30ClN3O9S/c1-16-13-21-25(30(40)33(16)31(41)26-20(43-3)15-22(44-4)27(34)29(26)46-33)19(28(45-21)17-5-7-18(42-2)8-6-17)14-24(39)35-10-9-23(38)37-32-36-11-12-47-32/h5-8,11-12,15-16H,9-10,13-14H2,1-4H3,(H,35,39)(H,36,37,38)/t16-,33+/m1/s1. The zero-order chi connectivity index (χ0) is 33.5. The molecular formula is C33H30ClN3O9S. The summed E-state index contributed by atoms with van der Waals surface area (Å²) < 4.78 is 28.7. The number of carbonyl (C=O) groups excluding carboxylic acids is 4. The Morgan fingerprint density at radius 2 is 1.77 bits per heavy atom. The van der Waals surface area contributed by atoms with Crippen LogP contribution in [0, 0.1) is 5.92 Å². The van der Waals surface area contributed by atoms with Crippen molar-refractivity contribution in [3.05, 3.63) is 69.4 Å². The van der Waals surface area contributed by atoms with Crippen molar-refractivity contribution in [3.8, 4) is 34.3 Å². The molecule has 47 heavy (non-hydrogen) atoms. The van der Waals surface area contributed by atoms with Gasteiger partial charge < -0.3 is 34.0 Å². The summed E-state index contributed by atoms with van der Waals surface area (Å²) in [5, 5.41) is 7.63. The molecule has 0 radical (unpaired) electrons. The monoisotopic (exact) mass is 679 g/mol. The van der Waals surface area contributed by atoms with Crippen LogP contribution in [0.4, 0.5) is 5.13 Å². The van der Waals surface area contributed by atoms with E-state index in [1.165, 1.54) is 31.6 Å². The summed E-state index contributed by atoms with van der Waals surface area (Å²) in [5.41, 5.74) is -0.977. The van der Waals surface area contributed by atoms with Crippen molar-refractivity contribution in [2.75, 3.05) is 33.2 Å². The van der Waals surface area contributed by atoms with Crippen LogP contribution in [-0.4, -0.2) is 61.8 Å². The van der Waals surface area contributed by atoms with Crippen molar-refractivity contribution in [1.82, 2.24) is 10.3 Å². The maximum atomic E-state index is 14.7. The van der Waals surface area contributed by atoms with E-state index < -0.39 is 29.0 Å². The third kappa shape index (κ3) is 5.48. The summed E-state index contributed by atoms with van der Waals surface area (Å²) in [7, 11) is 4.35. The number of ketones is 2. The van der Waals surface area contributed by atoms with E-state index in [1.54, 1.807) is 49.9 Å². The predicted octanol–water partition coefficient (Wildman–Crippen LogP) is 5.16. The smallest absolute Gasteiger partial charge is 0.237 e. The lowest BCUT2D eigenvalue weighted by Gasteiger charge is -2.35. The van der Waals surface area contributed by atoms with Crippen LogP contribution in [0.3, 0.4) is 0 Å². The van der Waals surface area contributed by atoms with E-state index in [1.807, 2.05) is 0 Å². The van der Waals surface area contributed by atoms with E-state index in [4.69, 9.17) is 35.0 Å². The zero-order valence-electron chi connectivity index (χ0n) is 25.9. The number of ether oxygens (including phenoxy) is 4. The number of rotatable bonds is 10. The lowest BCUT2D eigenvalue weighted by atomic mass is 9.70. The van der Waals surface area contributed by atoms with Gasteiger partial charge in [-0.15, -0.1) is 11.3 Å². The number of anilines is 1. The number of methoxy groups -OCH3 is 3. The molecular weight excluding hydrogens is 650 g/mol. The number of hydrogen-bond donors (Lipinski definition) is 2. The minimum absolute atomic E-state index is 0.00631. The highest BCUT2D eigenvalue weighted by Crippen LogP contribution is 2.54. The molecule has 6 rings (SSSR count). The molecule has 12 nitrogen and oxygen atoms in total. The van der Waals surface area contributed by atoms with E-state index in [-0.39, 0.29) is 70.7 Å². The highest BCUT2D eigenvalue weighted by molar-refractivity contribution is 7.13. The Morgan fingerprint density at radius 3 is 2.43 bits per heavy atom. The van der Waals surface area contributed by atoms with Crippen LogP contribution in [0.2, 0.25) is 5.02 Å². The molecule has 1 aliphatic carbocycles. The van der Waals surface area contributed by atoms with E-state index >= 15 is 0 Å². The first-order valence-electron chi connectivity index (χ1n) is 14.6. The Morgan fingerprint density at radius 1 is 1.04 bits per heavy atom. The van der Waals surface area contributed by atoms with E-state index in [2.05, 4.69) is 15.6 Å². The second-order valence-corrected chi connectivity index (χ2v) is 12.3. The summed E-state index contributed by atoms with van der Waals surface area (Å²) >= 11 is 7.87. The van der Waals surface area contributed by atoms with Gasteiger partial charge in [-0.1, -0.05) is 18.5 Å². The summed E-state index contributed by atoms with van der Waals surface area (Å²) in [5.74, 6) is -1.12. The normalized spacial score (nSPS) is 17.9. The number of benzene rings is 2. The molecule has 1 aliphatic heterocycles. The van der Waals surface area contributed by atoms with Gasteiger partial charge in [0, 0.05) is 54.1 Å². The van der Waals surface area contributed by atoms with Crippen LogP contribution < -0.4 is 29.6 Å². The molecule has 0 bridgehead atoms. The quantitative estimate of drug-likeness (QED) is 0.215. The predicted molar refractivity (Wildman–Crippen MR) is 172 cm³/mol. The number of hydrogen-bond acceptors (Lipinski definition) is 11. The van der Waals surface area contributed by atoms with Crippen LogP contribution in [0.5, 0.6) is 23.0 Å². The Hall–Kier alpha value is -4.88. The van der Waals surface area contributed by atoms with Gasteiger partial charge in [-0.25, -0.2) is 4.98 Å². The topological polar surface area (TPSA) is 155 Å². The molecule has 14 heteroatoms. The molecule has 2 N–H and O–H groups in total. The van der Waals surface area contributed by atoms with Gasteiger partial charge in [0.25, 0.3) is 0 Å². The second-order valence-electron chi connectivity index (χ2n) is 11.0. The first-order chi connectivity index (χ1) is 22.6. The van der Waals surface area contributed by atoms with Gasteiger partial charge in [0.2, 0.25) is 29.0 Å². The number of halogens is 1. The fourth-order valence-corrected chi connectivity index (χ4v) is 6.79. The van der Waals surface area contributed by atoms with Crippen molar-refractivity contribution < 1.29 is 42.5 Å². The molecule has 2 atom stereocenters. The fraction of sp³-hybridized carbons (Fsp3) is 0.303. The van der Waals surface area contributed by atoms with Crippen LogP contribution >= 0.6 is 22.9 Å². The number of Topliss-reactive ketones (excluding diaryl/α,β-unsaturated/α-hetero) is 2. The first kappa shape index (κ1) is 32.1. The summed E-state index contributed by atoms with van der Waals surface area (Å²) in [6.45, 7) is 1.76. The third-order valence-electron chi connectivity index (χ3n) is 8.29. The maximum Gasteiger partial charge on any atom is 0.237 e. The van der Waals surface area contributed by atoms with Crippen LogP contribution in [-0.2, 0) is 22.4 Å². The summed E-state index contributed by atoms with van der Waals surface area (Å²) in [6.07, 6.45) is 1.46. The maximum absolute atomic E-state index is 14.7. The molecule has 2 aliphatic rings. The van der Waals surface area contributed by atoms with Crippen molar-refractivity contribution in [1.29, 1.82) is 0 Å². The van der Waals surface area contributed by atoms with Crippen molar-refractivity contribution in [3.63, 3.8) is 0 Å². The van der Waals surface area contributed by atoms with E-state index in [9.17, 15) is 19.2 Å². The first-order valence-corrected chi connectivity index (χ1v) is 15.9. The van der Waals surface area contributed by atoms with Gasteiger partial charge in [-0.3, -0.25) is 19.2 Å². The molecule has 1 spiro atoms. The molecule has 0 saturated heterocycles. The van der Waals surface area contributed by atoms with Gasteiger partial charge in [0.05, 0.1) is 33.3 Å². The van der Waals surface area contributed by atoms with Crippen LogP contribution in [0.15, 0.2) is 46.3 Å². The Labute approximate surface area is 278 Å². The number of thiazole rings is 1. The van der Waals surface area contributed by atoms with Gasteiger partial charge in [-0.2, -0.15) is 0 Å². The van der Waals surface area contributed by atoms with Gasteiger partial charge >= 0.3 is 0 Å². The molecule has 0 unspecified atom stereocenters. The molecule has 0 fully saturated rings. The molecule has 3 heterocycles. The van der Waals surface area contributed by atoms with Crippen molar-refractivity contribution in [2.24, 2.45) is 5.92 Å². The Kier molecular flexibility index (Phi) is 8.68. The lowest BCUT2D eigenvalue weighted by molar-refractivity contribution is -0.120. The minimum Gasteiger partial charge on any atom is -0.497 e. The van der Waals surface area contributed by atoms with Gasteiger partial charge in [-0.05, 0) is 24.3 Å². The Balaban J connectivity index is 1.35. The van der Waals surface area contributed by atoms with Crippen LogP contribution in [0.25, 0.3) is 11.3 Å². The van der Waals surface area contributed by atoms with E-state index in [0.717, 1.165) is 0 Å². The summed E-state index contributed by atoms with van der Waals surface area (Å²) in [4.78, 5) is 58.6. The number of carbonyl (C=O) groups is 4. The molecule has 2 amide bonds. The zero-order valence-corrected chi connectivity index (χ0v) is 27.4. The van der Waals surface area contributed by atoms with Crippen molar-refractivity contribution >= 4 is 51.5 Å². The number of amides is 2. The fourth-order valence-electron chi connectivity index (χ4n) is 5.98. The largest absolute Gasteiger partial charge is 0.497 e. The molecule has 4 aromatic rings. The average molecular weight is 680 g/mol. The molecule has 2 aromatic carbocycles. The second kappa shape index (κ2) is 12.7. The van der Waals surface area contributed by atoms with E-state index in [0.29, 0.717) is 28.0 Å². The highest BCUT2D eigenvalue weighted by atomic mass is 35.5. The van der Waals surface area contributed by atoms with Crippen LogP contribution in [0.1, 0.15) is 45.4 Å². The Bertz CT molecular complexity index is 1890. The molecule has 2 aromatic heterocycles. The number of fused-ring (bicyclic) bond motifs is 2. The SMILES string of the molecule is COc1ccc(-c2oc3c(c2CC(=O)NCCC(=O)Nc2nccs2)C(=O)[C@@]2(Oc4c(Cl)c(OC)cc(OC)c4C2=O)[C@H](C)C3)cc1. The summed E-state index contributed by atoms with van der Waals surface area (Å²) in [6, 6.07) is 8.44. The van der Waals surface area contributed by atoms with Gasteiger partial charge in [0.1, 0.15) is 39.4 Å². The lowest BCUT2D eigenvalue weighted by Crippen LogP contribution is -2.56. The third-order valence-corrected chi connectivity index (χ3v) is 9.34. The van der Waals surface area contributed by atoms with Gasteiger partial charge in [0.15, 0.2) is 10.9 Å².